The van der Waals surface area contributed by atoms with Crippen molar-refractivity contribution in [1.29, 1.82) is 0 Å². The molecule has 1 unspecified atom stereocenters. The predicted octanol–water partition coefficient (Wildman–Crippen LogP) is 3.44. The molecule has 0 aliphatic carbocycles. The Morgan fingerprint density at radius 2 is 1.91 bits per heavy atom. The normalized spacial score (nSPS) is 17.9. The van der Waals surface area contributed by atoms with Crippen molar-refractivity contribution in [3.05, 3.63) is 35.4 Å². The fraction of sp³-hybridized carbons (Fsp3) is 0.632. The quantitative estimate of drug-likeness (QED) is 0.748. The van der Waals surface area contributed by atoms with Gasteiger partial charge in [-0.05, 0) is 51.1 Å². The highest BCUT2D eigenvalue weighted by Gasteiger charge is 2.28. The van der Waals surface area contributed by atoms with Gasteiger partial charge in [0.2, 0.25) is 5.91 Å². The van der Waals surface area contributed by atoms with Crippen LogP contribution in [0, 0.1) is 6.92 Å². The monoisotopic (exact) mass is 302 g/mol. The molecule has 22 heavy (non-hydrogen) atoms. The van der Waals surface area contributed by atoms with Gasteiger partial charge >= 0.3 is 0 Å². The third-order valence-electron chi connectivity index (χ3n) is 4.63. The van der Waals surface area contributed by atoms with Crippen LogP contribution in [0.15, 0.2) is 24.3 Å². The maximum atomic E-state index is 12.4. The summed E-state index contributed by atoms with van der Waals surface area (Å²) in [5.41, 5.74) is 8.13. The van der Waals surface area contributed by atoms with Crippen LogP contribution in [-0.2, 0) is 11.2 Å². The Labute approximate surface area is 134 Å². The van der Waals surface area contributed by atoms with E-state index in [0.29, 0.717) is 18.4 Å². The van der Waals surface area contributed by atoms with Crippen LogP contribution in [0.25, 0.3) is 0 Å². The van der Waals surface area contributed by atoms with Gasteiger partial charge in [-0.1, -0.05) is 42.7 Å². The molecule has 0 spiro atoms. The second-order valence-electron chi connectivity index (χ2n) is 6.53. The highest BCUT2D eigenvalue weighted by Crippen LogP contribution is 2.23. The minimum Gasteiger partial charge on any atom is -0.339 e. The van der Waals surface area contributed by atoms with E-state index in [4.69, 9.17) is 5.73 Å². The van der Waals surface area contributed by atoms with Crippen molar-refractivity contribution < 1.29 is 4.79 Å². The van der Waals surface area contributed by atoms with Crippen LogP contribution in [0.2, 0.25) is 0 Å². The number of aryl methyl sites for hydroxylation is 1. The van der Waals surface area contributed by atoms with Gasteiger partial charge in [-0.3, -0.25) is 4.79 Å². The molecule has 1 atom stereocenters. The van der Waals surface area contributed by atoms with E-state index in [9.17, 15) is 4.79 Å². The second kappa shape index (κ2) is 8.94. The first-order chi connectivity index (χ1) is 10.7. The Morgan fingerprint density at radius 3 is 2.64 bits per heavy atom. The van der Waals surface area contributed by atoms with Gasteiger partial charge in [-0.2, -0.15) is 0 Å². The molecule has 0 radical (unpaired) electrons. The molecule has 1 heterocycles. The Kier molecular flexibility index (Phi) is 6.91. The van der Waals surface area contributed by atoms with E-state index in [2.05, 4.69) is 36.1 Å². The maximum Gasteiger partial charge on any atom is 0.222 e. The van der Waals surface area contributed by atoms with E-state index < -0.39 is 0 Å². The first-order valence-corrected chi connectivity index (χ1v) is 8.76. The Morgan fingerprint density at radius 1 is 1.18 bits per heavy atom. The number of carbonyl (C=O) groups excluding carboxylic acids is 1. The summed E-state index contributed by atoms with van der Waals surface area (Å²) in [5, 5.41) is 0. The molecule has 0 bridgehead atoms. The van der Waals surface area contributed by atoms with Crippen molar-refractivity contribution in [2.45, 2.75) is 64.3 Å². The van der Waals surface area contributed by atoms with Gasteiger partial charge in [0.05, 0.1) is 0 Å². The van der Waals surface area contributed by atoms with Crippen LogP contribution in [0.3, 0.4) is 0 Å². The van der Waals surface area contributed by atoms with Crippen LogP contribution >= 0.6 is 0 Å². The zero-order valence-corrected chi connectivity index (χ0v) is 13.9. The minimum atomic E-state index is 0.349. The van der Waals surface area contributed by atoms with E-state index >= 15 is 0 Å². The summed E-state index contributed by atoms with van der Waals surface area (Å²) >= 11 is 0. The minimum absolute atomic E-state index is 0.349. The molecule has 3 nitrogen and oxygen atoms in total. The number of hydrogen-bond acceptors (Lipinski definition) is 2. The molecule has 1 aromatic rings. The number of likely N-dealkylation sites (tertiary alicyclic amines) is 1. The van der Waals surface area contributed by atoms with Crippen LogP contribution in [0.1, 0.15) is 56.1 Å². The topological polar surface area (TPSA) is 46.3 Å². The van der Waals surface area contributed by atoms with Crippen molar-refractivity contribution in [3.8, 4) is 0 Å². The second-order valence-corrected chi connectivity index (χ2v) is 6.53. The average Bonchev–Trinajstić information content (AvgIpc) is 2.97. The average molecular weight is 302 g/mol. The Balaban J connectivity index is 1.79. The molecule has 122 valence electrons. The van der Waals surface area contributed by atoms with Crippen molar-refractivity contribution >= 4 is 5.91 Å². The molecule has 1 aliphatic heterocycles. The van der Waals surface area contributed by atoms with Gasteiger partial charge in [0.15, 0.2) is 0 Å². The van der Waals surface area contributed by atoms with Crippen molar-refractivity contribution in [3.63, 3.8) is 0 Å². The molecule has 3 heteroatoms. The molecule has 1 amide bonds. The van der Waals surface area contributed by atoms with Crippen LogP contribution in [0.5, 0.6) is 0 Å². The first kappa shape index (κ1) is 17.0. The largest absolute Gasteiger partial charge is 0.339 e. The van der Waals surface area contributed by atoms with Gasteiger partial charge in [0, 0.05) is 19.0 Å². The van der Waals surface area contributed by atoms with E-state index in [-0.39, 0.29) is 0 Å². The summed E-state index contributed by atoms with van der Waals surface area (Å²) in [6, 6.07) is 9.12. The van der Waals surface area contributed by atoms with Gasteiger partial charge < -0.3 is 10.6 Å². The van der Waals surface area contributed by atoms with E-state index in [1.807, 2.05) is 0 Å². The fourth-order valence-electron chi connectivity index (χ4n) is 3.29. The third-order valence-corrected chi connectivity index (χ3v) is 4.63. The number of unbranched alkanes of at least 4 members (excludes halogenated alkanes) is 3. The molecule has 1 aliphatic rings. The summed E-state index contributed by atoms with van der Waals surface area (Å²) in [6.45, 7) is 3.82. The predicted molar refractivity (Wildman–Crippen MR) is 91.8 cm³/mol. The zero-order chi connectivity index (χ0) is 15.8. The lowest BCUT2D eigenvalue weighted by molar-refractivity contribution is -0.132. The SMILES string of the molecule is Cc1ccc(CC2CCCN2C(=O)CCCCCCN)cc1. The van der Waals surface area contributed by atoms with Crippen LogP contribution in [-0.4, -0.2) is 29.9 Å². The summed E-state index contributed by atoms with van der Waals surface area (Å²) < 4.78 is 0. The lowest BCUT2D eigenvalue weighted by atomic mass is 10.0. The fourth-order valence-corrected chi connectivity index (χ4v) is 3.29. The number of carbonyl (C=O) groups is 1. The zero-order valence-electron chi connectivity index (χ0n) is 13.9. The molecule has 1 aromatic carbocycles. The number of hydrogen-bond donors (Lipinski definition) is 1. The lowest BCUT2D eigenvalue weighted by Crippen LogP contribution is -2.36. The molecule has 2 N–H and O–H groups in total. The molecule has 2 rings (SSSR count). The summed E-state index contributed by atoms with van der Waals surface area (Å²) in [7, 11) is 0. The molecular weight excluding hydrogens is 272 g/mol. The Bertz CT molecular complexity index is 455. The number of benzene rings is 1. The van der Waals surface area contributed by atoms with E-state index in [0.717, 1.165) is 58.0 Å². The van der Waals surface area contributed by atoms with Gasteiger partial charge in [-0.15, -0.1) is 0 Å². The highest BCUT2D eigenvalue weighted by molar-refractivity contribution is 5.76. The standard InChI is InChI=1S/C19H30N2O/c1-16-9-11-17(12-10-16)15-18-7-6-14-21(18)19(22)8-4-2-3-5-13-20/h9-12,18H,2-8,13-15,20H2,1H3. The molecule has 0 aromatic heterocycles. The smallest absolute Gasteiger partial charge is 0.222 e. The molecular formula is C19H30N2O. The lowest BCUT2D eigenvalue weighted by Gasteiger charge is -2.25. The number of rotatable bonds is 8. The highest BCUT2D eigenvalue weighted by atomic mass is 16.2. The summed E-state index contributed by atoms with van der Waals surface area (Å²) in [5.74, 6) is 0.349. The van der Waals surface area contributed by atoms with Gasteiger partial charge in [-0.25, -0.2) is 0 Å². The third kappa shape index (κ3) is 5.13. The summed E-state index contributed by atoms with van der Waals surface area (Å²) in [4.78, 5) is 14.6. The number of nitrogens with two attached hydrogens (primary N) is 1. The molecule has 1 saturated heterocycles. The Hall–Kier alpha value is -1.35. The first-order valence-electron chi connectivity index (χ1n) is 8.76. The number of nitrogens with zero attached hydrogens (tertiary/aromatic N) is 1. The number of amides is 1. The van der Waals surface area contributed by atoms with Gasteiger partial charge in [0.1, 0.15) is 0 Å². The van der Waals surface area contributed by atoms with Crippen molar-refractivity contribution in [2.75, 3.05) is 13.1 Å². The van der Waals surface area contributed by atoms with Crippen molar-refractivity contribution in [1.82, 2.24) is 4.90 Å². The van der Waals surface area contributed by atoms with Crippen LogP contribution < -0.4 is 5.73 Å². The van der Waals surface area contributed by atoms with Crippen molar-refractivity contribution in [2.24, 2.45) is 5.73 Å². The molecule has 1 fully saturated rings. The van der Waals surface area contributed by atoms with E-state index in [1.54, 1.807) is 0 Å². The van der Waals surface area contributed by atoms with Crippen LogP contribution in [0.4, 0.5) is 0 Å². The van der Waals surface area contributed by atoms with Gasteiger partial charge in [0.25, 0.3) is 0 Å². The summed E-state index contributed by atoms with van der Waals surface area (Å²) in [6.07, 6.45) is 8.35. The van der Waals surface area contributed by atoms with E-state index in [1.165, 1.54) is 11.1 Å². The maximum absolute atomic E-state index is 12.4. The molecule has 0 saturated carbocycles.